The van der Waals surface area contributed by atoms with Crippen LogP contribution in [0.2, 0.25) is 5.02 Å². The lowest BCUT2D eigenvalue weighted by Gasteiger charge is -2.07. The van der Waals surface area contributed by atoms with Crippen molar-refractivity contribution >= 4 is 23.4 Å². The van der Waals surface area contributed by atoms with Gasteiger partial charge >= 0.3 is 0 Å². The standard InChI is InChI=1S/C11H12ClN3OS/c1-6(16)8-3-4-10(9(12)5-8)17-11-13-7(2)14-15-11/h3-6,16H,1-2H3,(H,13,14,15)/t6-/m1/s1. The van der Waals surface area contributed by atoms with Gasteiger partial charge in [-0.25, -0.2) is 4.98 Å². The Kier molecular flexibility index (Phi) is 3.71. The van der Waals surface area contributed by atoms with Crippen molar-refractivity contribution < 1.29 is 5.11 Å². The molecule has 1 atom stereocenters. The molecule has 1 aromatic carbocycles. The third kappa shape index (κ3) is 3.00. The zero-order valence-corrected chi connectivity index (χ0v) is 11.0. The molecular weight excluding hydrogens is 258 g/mol. The first-order chi connectivity index (χ1) is 8.06. The number of H-pyrrole nitrogens is 1. The normalized spacial score (nSPS) is 12.7. The topological polar surface area (TPSA) is 61.8 Å². The highest BCUT2D eigenvalue weighted by molar-refractivity contribution is 7.99. The van der Waals surface area contributed by atoms with Crippen molar-refractivity contribution in [3.8, 4) is 0 Å². The third-order valence-corrected chi connectivity index (χ3v) is 3.58. The molecule has 0 radical (unpaired) electrons. The van der Waals surface area contributed by atoms with Crippen LogP contribution in [0.3, 0.4) is 0 Å². The van der Waals surface area contributed by atoms with Gasteiger partial charge in [-0.05, 0) is 43.3 Å². The fourth-order valence-electron chi connectivity index (χ4n) is 1.33. The van der Waals surface area contributed by atoms with Gasteiger partial charge in [-0.15, -0.1) is 5.10 Å². The molecule has 2 N–H and O–H groups in total. The van der Waals surface area contributed by atoms with Crippen molar-refractivity contribution in [1.29, 1.82) is 0 Å². The van der Waals surface area contributed by atoms with Crippen LogP contribution in [0.5, 0.6) is 0 Å². The first kappa shape index (κ1) is 12.4. The predicted molar refractivity (Wildman–Crippen MR) is 67.3 cm³/mol. The maximum atomic E-state index is 9.44. The van der Waals surface area contributed by atoms with E-state index in [4.69, 9.17) is 11.6 Å². The summed E-state index contributed by atoms with van der Waals surface area (Å²) in [6, 6.07) is 5.47. The van der Waals surface area contributed by atoms with Gasteiger partial charge in [0.05, 0.1) is 11.1 Å². The van der Waals surface area contributed by atoms with Gasteiger partial charge in [0, 0.05) is 4.90 Å². The number of aliphatic hydroxyl groups is 1. The lowest BCUT2D eigenvalue weighted by Crippen LogP contribution is -1.90. The number of rotatable bonds is 3. The Morgan fingerprint density at radius 3 is 2.76 bits per heavy atom. The summed E-state index contributed by atoms with van der Waals surface area (Å²) in [6.07, 6.45) is -0.516. The minimum absolute atomic E-state index is 0.516. The molecule has 0 aliphatic heterocycles. The van der Waals surface area contributed by atoms with Gasteiger partial charge in [0.1, 0.15) is 5.82 Å². The molecule has 0 fully saturated rings. The van der Waals surface area contributed by atoms with Crippen molar-refractivity contribution in [2.24, 2.45) is 0 Å². The SMILES string of the molecule is Cc1nc(Sc2ccc([C@@H](C)O)cc2Cl)n[nH]1. The van der Waals surface area contributed by atoms with E-state index in [1.807, 2.05) is 19.1 Å². The van der Waals surface area contributed by atoms with E-state index in [1.54, 1.807) is 13.0 Å². The largest absolute Gasteiger partial charge is 0.389 e. The number of aliphatic hydroxyl groups excluding tert-OH is 1. The third-order valence-electron chi connectivity index (χ3n) is 2.22. The summed E-state index contributed by atoms with van der Waals surface area (Å²) >= 11 is 7.52. The van der Waals surface area contributed by atoms with Gasteiger partial charge in [0.25, 0.3) is 0 Å². The molecule has 0 saturated carbocycles. The summed E-state index contributed by atoms with van der Waals surface area (Å²) in [5, 5.41) is 17.5. The van der Waals surface area contributed by atoms with Gasteiger partial charge < -0.3 is 5.11 Å². The molecular formula is C11H12ClN3OS. The van der Waals surface area contributed by atoms with E-state index in [0.29, 0.717) is 10.2 Å². The van der Waals surface area contributed by atoms with E-state index >= 15 is 0 Å². The van der Waals surface area contributed by atoms with Crippen LogP contribution < -0.4 is 0 Å². The molecule has 2 aromatic rings. The van der Waals surface area contributed by atoms with Crippen LogP contribution in [0.1, 0.15) is 24.4 Å². The quantitative estimate of drug-likeness (QED) is 0.899. The van der Waals surface area contributed by atoms with Crippen LogP contribution in [-0.2, 0) is 0 Å². The monoisotopic (exact) mass is 269 g/mol. The fourth-order valence-corrected chi connectivity index (χ4v) is 2.39. The minimum Gasteiger partial charge on any atom is -0.389 e. The number of nitrogens with zero attached hydrogens (tertiary/aromatic N) is 2. The number of aryl methyl sites for hydroxylation is 1. The van der Waals surface area contributed by atoms with E-state index in [2.05, 4.69) is 15.2 Å². The summed E-state index contributed by atoms with van der Waals surface area (Å²) in [4.78, 5) is 5.06. The average Bonchev–Trinajstić information content (AvgIpc) is 2.67. The van der Waals surface area contributed by atoms with Crippen LogP contribution in [-0.4, -0.2) is 20.3 Å². The van der Waals surface area contributed by atoms with Crippen molar-refractivity contribution in [3.05, 3.63) is 34.6 Å². The second-order valence-corrected chi connectivity index (χ2v) is 5.09. The molecule has 0 bridgehead atoms. The summed E-state index contributed by atoms with van der Waals surface area (Å²) < 4.78 is 0. The molecule has 90 valence electrons. The van der Waals surface area contributed by atoms with Gasteiger partial charge in [-0.2, -0.15) is 0 Å². The number of halogens is 1. The molecule has 6 heteroatoms. The van der Waals surface area contributed by atoms with E-state index in [-0.39, 0.29) is 0 Å². The molecule has 1 heterocycles. The van der Waals surface area contributed by atoms with Gasteiger partial charge in [0.15, 0.2) is 0 Å². The number of hydrogen-bond acceptors (Lipinski definition) is 4. The zero-order valence-electron chi connectivity index (χ0n) is 9.44. The molecule has 0 aliphatic rings. The van der Waals surface area contributed by atoms with Gasteiger partial charge in [0.2, 0.25) is 5.16 Å². The smallest absolute Gasteiger partial charge is 0.213 e. The summed E-state index contributed by atoms with van der Waals surface area (Å²) in [5.74, 6) is 0.768. The van der Waals surface area contributed by atoms with E-state index < -0.39 is 6.10 Å². The molecule has 1 aromatic heterocycles. The lowest BCUT2D eigenvalue weighted by molar-refractivity contribution is 0.199. The Labute approximate surface area is 108 Å². The maximum Gasteiger partial charge on any atom is 0.213 e. The molecule has 0 amide bonds. The number of aromatic nitrogens is 3. The second kappa shape index (κ2) is 5.08. The first-order valence-corrected chi connectivity index (χ1v) is 6.30. The highest BCUT2D eigenvalue weighted by Crippen LogP contribution is 2.32. The molecule has 17 heavy (non-hydrogen) atoms. The van der Waals surface area contributed by atoms with Crippen molar-refractivity contribution in [2.75, 3.05) is 0 Å². The lowest BCUT2D eigenvalue weighted by atomic mass is 10.1. The van der Waals surface area contributed by atoms with Crippen molar-refractivity contribution in [3.63, 3.8) is 0 Å². The number of aromatic amines is 1. The van der Waals surface area contributed by atoms with Crippen LogP contribution in [0.25, 0.3) is 0 Å². The molecule has 0 aliphatic carbocycles. The maximum absolute atomic E-state index is 9.44. The first-order valence-electron chi connectivity index (χ1n) is 5.10. The molecule has 0 spiro atoms. The zero-order chi connectivity index (χ0) is 12.4. The van der Waals surface area contributed by atoms with Crippen molar-refractivity contribution in [2.45, 2.75) is 30.0 Å². The summed E-state index contributed by atoms with van der Waals surface area (Å²) in [6.45, 7) is 3.55. The van der Waals surface area contributed by atoms with Crippen LogP contribution in [0.4, 0.5) is 0 Å². The van der Waals surface area contributed by atoms with E-state index in [9.17, 15) is 5.11 Å². The molecule has 0 saturated heterocycles. The number of hydrogen-bond donors (Lipinski definition) is 2. The summed E-state index contributed by atoms with van der Waals surface area (Å²) in [7, 11) is 0. The van der Waals surface area contributed by atoms with Crippen LogP contribution >= 0.6 is 23.4 Å². The molecule has 4 nitrogen and oxygen atoms in total. The molecule has 0 unspecified atom stereocenters. The Hall–Kier alpha value is -1.04. The Bertz CT molecular complexity index is 527. The van der Waals surface area contributed by atoms with E-state index in [1.165, 1.54) is 11.8 Å². The highest BCUT2D eigenvalue weighted by atomic mass is 35.5. The second-order valence-electron chi connectivity index (χ2n) is 3.67. The average molecular weight is 270 g/mol. The van der Waals surface area contributed by atoms with Gasteiger partial charge in [-0.3, -0.25) is 5.10 Å². The Balaban J connectivity index is 2.22. The van der Waals surface area contributed by atoms with E-state index in [0.717, 1.165) is 16.3 Å². The van der Waals surface area contributed by atoms with Crippen LogP contribution in [0.15, 0.2) is 28.3 Å². The predicted octanol–water partition coefficient (Wildman–Crippen LogP) is 2.97. The Morgan fingerprint density at radius 2 is 2.24 bits per heavy atom. The summed E-state index contributed by atoms with van der Waals surface area (Å²) in [5.41, 5.74) is 0.797. The minimum atomic E-state index is -0.516. The highest BCUT2D eigenvalue weighted by Gasteiger charge is 2.09. The van der Waals surface area contributed by atoms with Gasteiger partial charge in [-0.1, -0.05) is 17.7 Å². The number of benzene rings is 1. The Morgan fingerprint density at radius 1 is 1.47 bits per heavy atom. The van der Waals surface area contributed by atoms with Crippen LogP contribution in [0, 0.1) is 6.92 Å². The fraction of sp³-hybridized carbons (Fsp3) is 0.273. The number of nitrogens with one attached hydrogen (secondary N) is 1. The van der Waals surface area contributed by atoms with Crippen molar-refractivity contribution in [1.82, 2.24) is 15.2 Å². The molecule has 2 rings (SSSR count).